The molecule has 3 aromatic rings. The van der Waals surface area contributed by atoms with E-state index >= 15 is 4.79 Å². The third kappa shape index (κ3) is 20.0. The molecule has 28 heteroatoms. The van der Waals surface area contributed by atoms with Crippen molar-refractivity contribution in [3.05, 3.63) is 71.2 Å². The minimum Gasteiger partial charge on any atom is -0.350 e. The van der Waals surface area contributed by atoms with Gasteiger partial charge in [-0.2, -0.15) is 0 Å². The van der Waals surface area contributed by atoms with Crippen LogP contribution in [0, 0.1) is 17.8 Å². The maximum atomic E-state index is 15.1. The van der Waals surface area contributed by atoms with E-state index in [0.717, 1.165) is 97.8 Å². The molecule has 1 aromatic heterocycles. The zero-order valence-electron chi connectivity index (χ0n) is 59.4. The summed E-state index contributed by atoms with van der Waals surface area (Å²) in [6.45, 7) is 8.19. The van der Waals surface area contributed by atoms with Crippen molar-refractivity contribution in [2.24, 2.45) is 28.5 Å². The normalized spacial score (nSPS) is 22.1. The fourth-order valence-electron chi connectivity index (χ4n) is 14.8. The molecule has 550 valence electrons. The summed E-state index contributed by atoms with van der Waals surface area (Å²) in [6.07, 6.45) is 13.2. The third-order valence-corrected chi connectivity index (χ3v) is 22.8. The molecule has 9 rings (SSSR count). The van der Waals surface area contributed by atoms with Crippen LogP contribution in [0.4, 0.5) is 5.00 Å². The molecule has 0 radical (unpaired) electrons. The quantitative estimate of drug-likeness (QED) is 0.0267. The summed E-state index contributed by atoms with van der Waals surface area (Å²) in [6, 6.07) is 12.0. The monoisotopic (exact) mass is 1430 g/mol. The van der Waals surface area contributed by atoms with Gasteiger partial charge in [0.25, 0.3) is 11.8 Å². The third-order valence-electron chi connectivity index (χ3n) is 20.7. The maximum absolute atomic E-state index is 15.1. The number of thioether (sulfide) groups is 1. The Kier molecular flexibility index (Phi) is 28.8. The number of aromatic nitrogens is 1. The number of unbranched alkanes of at least 4 members (excludes halogenated alkanes) is 1. The van der Waals surface area contributed by atoms with Crippen LogP contribution < -0.4 is 48.3 Å². The number of amides is 11. The van der Waals surface area contributed by atoms with Gasteiger partial charge in [0, 0.05) is 63.2 Å². The molecule has 4 aliphatic heterocycles. The number of nitrogens with one attached hydrogen (secondary N) is 8. The average molecular weight is 1430 g/mol. The number of hydrogen-bond donors (Lipinski definition) is 9. The number of benzene rings is 2. The van der Waals surface area contributed by atoms with Gasteiger partial charge in [0.1, 0.15) is 52.3 Å². The minimum absolute atomic E-state index is 0.0513. The van der Waals surface area contributed by atoms with Crippen molar-refractivity contribution in [2.45, 2.75) is 222 Å². The Bertz CT molecular complexity index is 3420. The van der Waals surface area contributed by atoms with Crippen LogP contribution in [0.5, 0.6) is 0 Å². The fourth-order valence-corrected chi connectivity index (χ4v) is 16.8. The standard InChI is InChI=1S/C73H105N15O11S2/c1-7-8-33-54(88-55(89)43-51(70(88)96)42-44(2)74)71(97)85(38-23-36-77-64(94)68-81-56(47-25-13-9-14-26-47)66(100-68)83-62(92)52-34-21-40-86(52)72(98)58(49-29-17-11-18-30-49)79-60(90)45(3)75-5)39-24-37-78-65(95)69-82-57(48-27-15-10-16-28-48)67(101-69)84-63(93)53-35-22-41-87(53)73(99)59(50-31-19-12-20-32-50)80-61(91)46(4)76-6/h9-10,13-16,25-28,44-46,49-54,56,58-59,66,75-76H,7-8,11-12,17-24,29-43,74H2,1-6H3,(H,77,94)(H,78,95)(H,79,90)(H,80,91)(H,83,92)(H,84,93)/t44?,45-,46-,51?,52-,53-,54?,56?,58-,59-,66?/m0/s1. The molecule has 2 saturated carbocycles. The van der Waals surface area contributed by atoms with Crippen LogP contribution in [0.3, 0.4) is 0 Å². The number of likely N-dealkylation sites (tertiary alicyclic amines) is 3. The summed E-state index contributed by atoms with van der Waals surface area (Å²) in [4.78, 5) is 171. The number of thiazole rings is 1. The Hall–Kier alpha value is -7.66. The molecule has 11 amide bonds. The van der Waals surface area contributed by atoms with Crippen molar-refractivity contribution in [2.75, 3.05) is 58.7 Å². The lowest BCUT2D eigenvalue weighted by Crippen LogP contribution is -2.58. The molecule has 3 saturated heterocycles. The SMILES string of the molecule is CCCCC(C(=O)N(CCCNC(=O)C1=NC(c2ccccc2)C(NC(=O)[C@@H]2CCCN2C(=O)[C@@H](NC(=O)[C@H](C)NC)C2CCCCC2)S1)CCCNC(=O)c1nc(-c2ccccc2)c(NC(=O)[C@@H]2CCCN2C(=O)[C@@H](NC(=O)[C@H](C)NC)C2CCCCC2)s1)N1C(=O)CC(CC(C)N)C1=O. The van der Waals surface area contributed by atoms with E-state index in [0.29, 0.717) is 67.9 Å². The van der Waals surface area contributed by atoms with Gasteiger partial charge in [-0.25, -0.2) is 4.98 Å². The minimum atomic E-state index is -1.11. The molecule has 5 fully saturated rings. The zero-order valence-corrected chi connectivity index (χ0v) is 61.1. The molecular formula is C73H105N15O11S2. The van der Waals surface area contributed by atoms with Crippen molar-refractivity contribution in [1.82, 2.24) is 61.8 Å². The predicted molar refractivity (Wildman–Crippen MR) is 389 cm³/mol. The molecule has 11 atom stereocenters. The predicted octanol–water partition coefficient (Wildman–Crippen LogP) is 5.53. The van der Waals surface area contributed by atoms with Crippen LogP contribution in [0.1, 0.15) is 184 Å². The number of anilines is 1. The summed E-state index contributed by atoms with van der Waals surface area (Å²) in [5, 5.41) is 23.8. The molecule has 6 aliphatic rings. The van der Waals surface area contributed by atoms with Crippen LogP contribution >= 0.6 is 23.1 Å². The summed E-state index contributed by atoms with van der Waals surface area (Å²) in [5.41, 5.74) is 7.88. The van der Waals surface area contributed by atoms with Crippen molar-refractivity contribution >= 4 is 98.1 Å². The molecule has 5 unspecified atom stereocenters. The highest BCUT2D eigenvalue weighted by Gasteiger charge is 2.48. The molecule has 26 nitrogen and oxygen atoms in total. The van der Waals surface area contributed by atoms with E-state index in [2.05, 4.69) is 42.5 Å². The fraction of sp³-hybridized carbons (Fsp3) is 0.630. The first kappa shape index (κ1) is 77.5. The first-order valence-electron chi connectivity index (χ1n) is 36.7. The van der Waals surface area contributed by atoms with Gasteiger partial charge in [0.05, 0.1) is 12.1 Å². The van der Waals surface area contributed by atoms with E-state index in [-0.39, 0.29) is 116 Å². The van der Waals surface area contributed by atoms with Gasteiger partial charge in [-0.15, -0.1) is 0 Å². The van der Waals surface area contributed by atoms with Crippen LogP contribution in [0.15, 0.2) is 65.7 Å². The topological polar surface area (TPSA) is 348 Å². The summed E-state index contributed by atoms with van der Waals surface area (Å²) < 4.78 is 0. The lowest BCUT2D eigenvalue weighted by atomic mass is 9.83. The second-order valence-electron chi connectivity index (χ2n) is 28.0. The Morgan fingerprint density at radius 3 is 1.73 bits per heavy atom. The Morgan fingerprint density at radius 1 is 0.663 bits per heavy atom. The van der Waals surface area contributed by atoms with Gasteiger partial charge in [-0.1, -0.05) is 142 Å². The molecule has 2 aromatic carbocycles. The van der Waals surface area contributed by atoms with Crippen molar-refractivity contribution in [3.63, 3.8) is 0 Å². The second-order valence-corrected chi connectivity index (χ2v) is 30.1. The number of carbonyl (C=O) groups excluding carboxylic acids is 11. The number of nitrogens with zero attached hydrogens (tertiary/aromatic N) is 6. The van der Waals surface area contributed by atoms with Crippen molar-refractivity contribution in [1.29, 1.82) is 0 Å². The molecule has 101 heavy (non-hydrogen) atoms. The van der Waals surface area contributed by atoms with Gasteiger partial charge in [-0.05, 0) is 129 Å². The number of hydrogen-bond acceptors (Lipinski definition) is 18. The lowest BCUT2D eigenvalue weighted by Gasteiger charge is -2.35. The van der Waals surface area contributed by atoms with Crippen LogP contribution in [0.2, 0.25) is 0 Å². The van der Waals surface area contributed by atoms with E-state index in [9.17, 15) is 47.9 Å². The number of rotatable bonds is 33. The van der Waals surface area contributed by atoms with Crippen LogP contribution in [0.25, 0.3) is 11.3 Å². The summed E-state index contributed by atoms with van der Waals surface area (Å²) >= 11 is 2.10. The molecule has 10 N–H and O–H groups in total. The Labute approximate surface area is 601 Å². The molecule has 0 bridgehead atoms. The molecule has 0 spiro atoms. The highest BCUT2D eigenvalue weighted by Crippen LogP contribution is 2.39. The number of aliphatic imine (C=N–C) groups is 1. The molecule has 5 heterocycles. The van der Waals surface area contributed by atoms with Crippen LogP contribution in [-0.2, 0) is 47.9 Å². The summed E-state index contributed by atoms with van der Waals surface area (Å²) in [7, 11) is 3.37. The lowest BCUT2D eigenvalue weighted by molar-refractivity contribution is -0.151. The summed E-state index contributed by atoms with van der Waals surface area (Å²) in [5.74, 6) is -5.12. The Morgan fingerprint density at radius 2 is 1.20 bits per heavy atom. The van der Waals surface area contributed by atoms with Crippen LogP contribution in [-0.4, -0.2) is 202 Å². The van der Waals surface area contributed by atoms with E-state index < -0.39 is 95.1 Å². The van der Waals surface area contributed by atoms with Gasteiger partial charge in [0.15, 0.2) is 10.1 Å². The highest BCUT2D eigenvalue weighted by molar-refractivity contribution is 8.16. The molecule has 2 aliphatic carbocycles. The first-order valence-corrected chi connectivity index (χ1v) is 38.4. The first-order chi connectivity index (χ1) is 48.7. The Balaban J connectivity index is 0.866. The largest absolute Gasteiger partial charge is 0.350 e. The smallest absolute Gasteiger partial charge is 0.280 e. The number of nitrogens with two attached hydrogens (primary N) is 1. The van der Waals surface area contributed by atoms with Crippen molar-refractivity contribution < 1.29 is 52.7 Å². The number of imide groups is 1. The van der Waals surface area contributed by atoms with Gasteiger partial charge in [-0.3, -0.25) is 62.6 Å². The van der Waals surface area contributed by atoms with Gasteiger partial charge >= 0.3 is 0 Å². The number of likely N-dealkylation sites (N-methyl/N-ethyl adjacent to an activating group) is 2. The van der Waals surface area contributed by atoms with E-state index in [1.165, 1.54) is 0 Å². The van der Waals surface area contributed by atoms with Gasteiger partial charge < -0.3 is 63.0 Å². The van der Waals surface area contributed by atoms with Gasteiger partial charge in [0.2, 0.25) is 53.2 Å². The second kappa shape index (κ2) is 37.5. The maximum Gasteiger partial charge on any atom is 0.280 e. The highest BCUT2D eigenvalue weighted by atomic mass is 32.2. The van der Waals surface area contributed by atoms with Crippen molar-refractivity contribution in [3.8, 4) is 11.3 Å². The number of carbonyl (C=O) groups is 11. The zero-order chi connectivity index (χ0) is 72.3. The molecular weight excluding hydrogens is 1330 g/mol. The van der Waals surface area contributed by atoms with E-state index in [1.807, 2.05) is 67.6 Å². The average Bonchev–Trinajstić information content (AvgIpc) is 1.72. The van der Waals surface area contributed by atoms with E-state index in [4.69, 9.17) is 15.7 Å². The van der Waals surface area contributed by atoms with E-state index in [1.54, 1.807) is 49.6 Å².